The van der Waals surface area contributed by atoms with Crippen LogP contribution in [0.15, 0.2) is 54.6 Å². The summed E-state index contributed by atoms with van der Waals surface area (Å²) in [6, 6.07) is 17.1. The fraction of sp³-hybridized carbons (Fsp3) is 0.333. The van der Waals surface area contributed by atoms with E-state index in [1.807, 2.05) is 54.6 Å². The lowest BCUT2D eigenvalue weighted by molar-refractivity contribution is -0.143. The quantitative estimate of drug-likeness (QED) is 0.825. The van der Waals surface area contributed by atoms with Crippen LogP contribution in [0.3, 0.4) is 0 Å². The van der Waals surface area contributed by atoms with Crippen LogP contribution in [-0.4, -0.2) is 30.8 Å². The van der Waals surface area contributed by atoms with Gasteiger partial charge in [0.2, 0.25) is 0 Å². The molecule has 1 atom stereocenters. The van der Waals surface area contributed by atoms with Gasteiger partial charge in [-0.2, -0.15) is 0 Å². The summed E-state index contributed by atoms with van der Waals surface area (Å²) in [5, 5.41) is 2.58. The first-order chi connectivity index (χ1) is 12.3. The van der Waals surface area contributed by atoms with Crippen LogP contribution in [0.2, 0.25) is 0 Å². The van der Waals surface area contributed by atoms with E-state index >= 15 is 0 Å². The van der Waals surface area contributed by atoms with Gasteiger partial charge in [0.25, 0.3) is 0 Å². The highest BCUT2D eigenvalue weighted by atomic mass is 16.6. The topological polar surface area (TPSA) is 64.6 Å². The second-order valence-corrected chi connectivity index (χ2v) is 6.99. The van der Waals surface area contributed by atoms with Crippen molar-refractivity contribution in [3.8, 4) is 11.1 Å². The van der Waals surface area contributed by atoms with E-state index in [4.69, 9.17) is 9.47 Å². The zero-order chi connectivity index (χ0) is 19.2. The van der Waals surface area contributed by atoms with Crippen molar-refractivity contribution in [1.82, 2.24) is 5.32 Å². The van der Waals surface area contributed by atoms with E-state index in [9.17, 15) is 9.59 Å². The number of benzene rings is 2. The van der Waals surface area contributed by atoms with Crippen LogP contribution in [0.4, 0.5) is 4.79 Å². The molecule has 0 aliphatic rings. The number of hydrogen-bond donors (Lipinski definition) is 1. The number of alkyl carbamates (subject to hydrolysis) is 1. The van der Waals surface area contributed by atoms with Gasteiger partial charge >= 0.3 is 12.1 Å². The van der Waals surface area contributed by atoms with E-state index in [-0.39, 0.29) is 0 Å². The third kappa shape index (κ3) is 5.92. The van der Waals surface area contributed by atoms with Crippen LogP contribution < -0.4 is 5.32 Å². The zero-order valence-electron chi connectivity index (χ0n) is 15.6. The van der Waals surface area contributed by atoms with Gasteiger partial charge in [-0.05, 0) is 37.5 Å². The summed E-state index contributed by atoms with van der Waals surface area (Å²) in [6.07, 6.45) is -0.324. The van der Waals surface area contributed by atoms with Crippen LogP contribution >= 0.6 is 0 Å². The maximum Gasteiger partial charge on any atom is 0.408 e. The number of ether oxygens (including phenoxy) is 2. The van der Waals surface area contributed by atoms with Crippen molar-refractivity contribution in [2.75, 3.05) is 7.11 Å². The highest BCUT2D eigenvalue weighted by Crippen LogP contribution is 2.20. The summed E-state index contributed by atoms with van der Waals surface area (Å²) in [5.74, 6) is -0.511. The van der Waals surface area contributed by atoms with Crippen molar-refractivity contribution in [2.24, 2.45) is 0 Å². The van der Waals surface area contributed by atoms with Gasteiger partial charge in [0.1, 0.15) is 11.6 Å². The first-order valence-corrected chi connectivity index (χ1v) is 8.50. The molecule has 26 heavy (non-hydrogen) atoms. The molecule has 0 aliphatic heterocycles. The molecule has 0 unspecified atom stereocenters. The molecule has 0 fully saturated rings. The minimum atomic E-state index is -0.808. The second-order valence-electron chi connectivity index (χ2n) is 6.99. The van der Waals surface area contributed by atoms with E-state index in [2.05, 4.69) is 5.32 Å². The molecule has 0 spiro atoms. The third-order valence-corrected chi connectivity index (χ3v) is 3.68. The zero-order valence-corrected chi connectivity index (χ0v) is 15.6. The standard InChI is InChI=1S/C21H25NO4/c1-21(2,3)26-20(24)22-18(19(23)25-4)14-15-10-12-17(13-11-15)16-8-6-5-7-9-16/h5-13,18H,14H2,1-4H3,(H,22,24)/t18-/m1/s1. The number of hydrogen-bond acceptors (Lipinski definition) is 4. The molecule has 0 radical (unpaired) electrons. The van der Waals surface area contributed by atoms with Crippen LogP contribution in [0.1, 0.15) is 26.3 Å². The Morgan fingerprint density at radius 1 is 0.962 bits per heavy atom. The Labute approximate surface area is 154 Å². The van der Waals surface area contributed by atoms with Gasteiger partial charge in [-0.1, -0.05) is 54.6 Å². The molecule has 0 saturated carbocycles. The smallest absolute Gasteiger partial charge is 0.408 e. The van der Waals surface area contributed by atoms with Crippen LogP contribution in [0, 0.1) is 0 Å². The van der Waals surface area contributed by atoms with Crippen molar-refractivity contribution in [3.63, 3.8) is 0 Å². The van der Waals surface area contributed by atoms with Crippen molar-refractivity contribution in [3.05, 3.63) is 60.2 Å². The van der Waals surface area contributed by atoms with Gasteiger partial charge in [0.15, 0.2) is 0 Å². The lowest BCUT2D eigenvalue weighted by atomic mass is 10.0. The second kappa shape index (κ2) is 8.52. The first-order valence-electron chi connectivity index (χ1n) is 8.50. The summed E-state index contributed by atoms with van der Waals surface area (Å²) in [7, 11) is 1.30. The highest BCUT2D eigenvalue weighted by molar-refractivity contribution is 5.81. The average Bonchev–Trinajstić information content (AvgIpc) is 2.60. The minimum Gasteiger partial charge on any atom is -0.467 e. The predicted octanol–water partition coefficient (Wildman–Crippen LogP) is 3.96. The number of methoxy groups -OCH3 is 1. The fourth-order valence-electron chi connectivity index (χ4n) is 2.48. The van der Waals surface area contributed by atoms with Crippen molar-refractivity contribution < 1.29 is 19.1 Å². The third-order valence-electron chi connectivity index (χ3n) is 3.68. The number of carbonyl (C=O) groups is 2. The van der Waals surface area contributed by atoms with E-state index < -0.39 is 23.7 Å². The van der Waals surface area contributed by atoms with E-state index in [1.54, 1.807) is 20.8 Å². The lowest BCUT2D eigenvalue weighted by Crippen LogP contribution is -2.45. The molecule has 2 aromatic rings. The van der Waals surface area contributed by atoms with Gasteiger partial charge in [0.05, 0.1) is 7.11 Å². The maximum absolute atomic E-state index is 12.0. The molecule has 2 aromatic carbocycles. The number of esters is 1. The van der Waals surface area contributed by atoms with E-state index in [0.29, 0.717) is 6.42 Å². The Balaban J connectivity index is 2.08. The van der Waals surface area contributed by atoms with Crippen molar-refractivity contribution in [1.29, 1.82) is 0 Å². The Morgan fingerprint density at radius 2 is 1.54 bits per heavy atom. The summed E-state index contributed by atoms with van der Waals surface area (Å²) in [4.78, 5) is 24.0. The number of amides is 1. The molecule has 1 N–H and O–H groups in total. The van der Waals surface area contributed by atoms with Gasteiger partial charge in [-0.25, -0.2) is 9.59 Å². The van der Waals surface area contributed by atoms with Gasteiger partial charge in [-0.15, -0.1) is 0 Å². The number of nitrogens with one attached hydrogen (secondary N) is 1. The molecular weight excluding hydrogens is 330 g/mol. The van der Waals surface area contributed by atoms with E-state index in [1.165, 1.54) is 7.11 Å². The maximum atomic E-state index is 12.0. The lowest BCUT2D eigenvalue weighted by Gasteiger charge is -2.22. The average molecular weight is 355 g/mol. The van der Waals surface area contributed by atoms with Crippen LogP contribution in [0.5, 0.6) is 0 Å². The molecule has 5 heteroatoms. The Hall–Kier alpha value is -2.82. The molecule has 2 rings (SSSR count). The first kappa shape index (κ1) is 19.5. The molecule has 5 nitrogen and oxygen atoms in total. The molecule has 0 heterocycles. The molecular formula is C21H25NO4. The summed E-state index contributed by atoms with van der Waals surface area (Å²) < 4.78 is 10.0. The monoisotopic (exact) mass is 355 g/mol. The fourth-order valence-corrected chi connectivity index (χ4v) is 2.48. The van der Waals surface area contributed by atoms with Gasteiger partial charge in [0, 0.05) is 6.42 Å². The number of carbonyl (C=O) groups excluding carboxylic acids is 2. The van der Waals surface area contributed by atoms with Crippen molar-refractivity contribution >= 4 is 12.1 Å². The Morgan fingerprint density at radius 3 is 2.08 bits per heavy atom. The summed E-state index contributed by atoms with van der Waals surface area (Å²) >= 11 is 0. The molecule has 0 saturated heterocycles. The molecule has 138 valence electrons. The van der Waals surface area contributed by atoms with Gasteiger partial charge < -0.3 is 14.8 Å². The highest BCUT2D eigenvalue weighted by Gasteiger charge is 2.25. The molecule has 0 bridgehead atoms. The Kier molecular flexibility index (Phi) is 6.39. The molecule has 1 amide bonds. The molecule has 0 aliphatic carbocycles. The van der Waals surface area contributed by atoms with Gasteiger partial charge in [-0.3, -0.25) is 0 Å². The van der Waals surface area contributed by atoms with E-state index in [0.717, 1.165) is 16.7 Å². The minimum absolute atomic E-state index is 0.320. The summed E-state index contributed by atoms with van der Waals surface area (Å²) in [6.45, 7) is 5.30. The number of rotatable bonds is 5. The SMILES string of the molecule is COC(=O)[C@@H](Cc1ccc(-c2ccccc2)cc1)NC(=O)OC(C)(C)C. The van der Waals surface area contributed by atoms with Crippen molar-refractivity contribution in [2.45, 2.75) is 38.8 Å². The largest absolute Gasteiger partial charge is 0.467 e. The van der Waals surface area contributed by atoms with Crippen LogP contribution in [0.25, 0.3) is 11.1 Å². The summed E-state index contributed by atoms with van der Waals surface area (Å²) in [5.41, 5.74) is 2.48. The molecule has 0 aromatic heterocycles. The van der Waals surface area contributed by atoms with Crippen LogP contribution in [-0.2, 0) is 20.7 Å². The predicted molar refractivity (Wildman–Crippen MR) is 101 cm³/mol. The Bertz CT molecular complexity index is 733. The normalized spacial score (nSPS) is 12.2.